The van der Waals surface area contributed by atoms with Gasteiger partial charge in [-0.2, -0.15) is 13.2 Å². The molecular formula is C17H15F3N2O3. The van der Waals surface area contributed by atoms with Gasteiger partial charge >= 0.3 is 6.18 Å². The third kappa shape index (κ3) is 4.14. The van der Waals surface area contributed by atoms with Crippen LogP contribution in [0.25, 0.3) is 0 Å². The van der Waals surface area contributed by atoms with Crippen LogP contribution in [0.5, 0.6) is 0 Å². The van der Waals surface area contributed by atoms with Gasteiger partial charge in [-0.1, -0.05) is 18.2 Å². The molecule has 5 nitrogen and oxygen atoms in total. The van der Waals surface area contributed by atoms with Crippen LogP contribution in [0.2, 0.25) is 0 Å². The third-order valence-electron chi connectivity index (χ3n) is 3.90. The van der Waals surface area contributed by atoms with Crippen LogP contribution < -0.4 is 0 Å². The predicted molar refractivity (Wildman–Crippen MR) is 85.0 cm³/mol. The van der Waals surface area contributed by atoms with E-state index in [1.807, 2.05) is 0 Å². The summed E-state index contributed by atoms with van der Waals surface area (Å²) in [6, 6.07) is 9.36. The van der Waals surface area contributed by atoms with Crippen LogP contribution in [-0.2, 0) is 6.18 Å². The molecule has 0 saturated carbocycles. The van der Waals surface area contributed by atoms with Crippen LogP contribution in [0.4, 0.5) is 18.9 Å². The van der Waals surface area contributed by atoms with Gasteiger partial charge in [0.2, 0.25) is 0 Å². The lowest BCUT2D eigenvalue weighted by Crippen LogP contribution is -2.30. The van der Waals surface area contributed by atoms with Crippen LogP contribution in [0.15, 0.2) is 48.5 Å². The molecule has 25 heavy (non-hydrogen) atoms. The van der Waals surface area contributed by atoms with Crippen molar-refractivity contribution in [1.29, 1.82) is 0 Å². The monoisotopic (exact) mass is 352 g/mol. The van der Waals surface area contributed by atoms with Gasteiger partial charge in [0.05, 0.1) is 16.5 Å². The van der Waals surface area contributed by atoms with Crippen molar-refractivity contribution in [2.75, 3.05) is 7.05 Å². The van der Waals surface area contributed by atoms with Crippen LogP contribution in [-0.4, -0.2) is 22.8 Å². The molecule has 2 aromatic carbocycles. The van der Waals surface area contributed by atoms with E-state index in [0.29, 0.717) is 5.56 Å². The molecule has 2 rings (SSSR count). The summed E-state index contributed by atoms with van der Waals surface area (Å²) < 4.78 is 38.4. The zero-order chi connectivity index (χ0) is 18.8. The summed E-state index contributed by atoms with van der Waals surface area (Å²) in [5.41, 5.74) is -0.620. The molecule has 1 amide bonds. The maximum absolute atomic E-state index is 12.8. The van der Waals surface area contributed by atoms with Crippen molar-refractivity contribution in [2.24, 2.45) is 0 Å². The molecule has 0 aliphatic rings. The Balaban J connectivity index is 2.28. The van der Waals surface area contributed by atoms with Crippen molar-refractivity contribution >= 4 is 11.6 Å². The summed E-state index contributed by atoms with van der Waals surface area (Å²) in [5, 5.41) is 10.9. The highest BCUT2D eigenvalue weighted by atomic mass is 19.4. The molecule has 132 valence electrons. The SMILES string of the molecule is C[C@H](c1cccc([N+](=O)[O-])c1)N(C)C(=O)c1cccc(C(F)(F)F)c1. The number of hydrogen-bond donors (Lipinski definition) is 0. The zero-order valence-corrected chi connectivity index (χ0v) is 13.4. The number of carbonyl (C=O) groups excluding carboxylic acids is 1. The Morgan fingerprint density at radius 2 is 1.80 bits per heavy atom. The van der Waals surface area contributed by atoms with Crippen LogP contribution >= 0.6 is 0 Å². The molecule has 2 aromatic rings. The summed E-state index contributed by atoms with van der Waals surface area (Å²) in [6.45, 7) is 1.64. The molecular weight excluding hydrogens is 337 g/mol. The molecule has 0 N–H and O–H groups in total. The van der Waals surface area contributed by atoms with E-state index in [9.17, 15) is 28.1 Å². The standard InChI is InChI=1S/C17H15F3N2O3/c1-11(12-5-4-8-15(10-12)22(24)25)21(2)16(23)13-6-3-7-14(9-13)17(18,19)20/h3-11H,1-2H3/t11-/m1/s1. The first-order chi connectivity index (χ1) is 11.6. The van der Waals surface area contributed by atoms with E-state index in [-0.39, 0.29) is 11.3 Å². The molecule has 0 heterocycles. The van der Waals surface area contributed by atoms with E-state index >= 15 is 0 Å². The maximum atomic E-state index is 12.8. The molecule has 0 aliphatic heterocycles. The Morgan fingerprint density at radius 1 is 1.16 bits per heavy atom. The highest BCUT2D eigenvalue weighted by molar-refractivity contribution is 5.94. The molecule has 0 fully saturated rings. The molecule has 8 heteroatoms. The van der Waals surface area contributed by atoms with Gasteiger partial charge < -0.3 is 4.90 Å². The number of halogens is 3. The minimum atomic E-state index is -4.54. The fourth-order valence-electron chi connectivity index (χ4n) is 2.33. The van der Waals surface area contributed by atoms with Crippen molar-refractivity contribution in [3.05, 3.63) is 75.3 Å². The quantitative estimate of drug-likeness (QED) is 0.603. The number of amides is 1. The van der Waals surface area contributed by atoms with Gasteiger partial charge in [-0.25, -0.2) is 0 Å². The Morgan fingerprint density at radius 3 is 2.40 bits per heavy atom. The van der Waals surface area contributed by atoms with Crippen molar-refractivity contribution in [1.82, 2.24) is 4.90 Å². The first-order valence-electron chi connectivity index (χ1n) is 7.30. The highest BCUT2D eigenvalue weighted by Crippen LogP contribution is 2.30. The molecule has 0 saturated heterocycles. The molecule has 0 unspecified atom stereocenters. The van der Waals surface area contributed by atoms with Crippen molar-refractivity contribution in [3.63, 3.8) is 0 Å². The molecule has 0 radical (unpaired) electrons. The van der Waals surface area contributed by atoms with Gasteiger partial charge in [0.15, 0.2) is 0 Å². The number of nitro benzene ring substituents is 1. The Labute approximate surface area is 141 Å². The summed E-state index contributed by atoms with van der Waals surface area (Å²) in [5.74, 6) is -0.606. The Hall–Kier alpha value is -2.90. The summed E-state index contributed by atoms with van der Waals surface area (Å²) in [6.07, 6.45) is -4.54. The van der Waals surface area contributed by atoms with E-state index in [1.54, 1.807) is 13.0 Å². The summed E-state index contributed by atoms with van der Waals surface area (Å²) >= 11 is 0. The molecule has 0 aromatic heterocycles. The fourth-order valence-corrected chi connectivity index (χ4v) is 2.33. The smallest absolute Gasteiger partial charge is 0.335 e. The number of nitro groups is 1. The van der Waals surface area contributed by atoms with E-state index in [2.05, 4.69) is 0 Å². The van der Waals surface area contributed by atoms with E-state index in [1.165, 1.54) is 42.3 Å². The number of non-ortho nitro benzene ring substituents is 1. The van der Waals surface area contributed by atoms with E-state index < -0.39 is 28.6 Å². The Bertz CT molecular complexity index is 806. The van der Waals surface area contributed by atoms with Gasteiger partial charge in [-0.3, -0.25) is 14.9 Å². The second-order valence-corrected chi connectivity index (χ2v) is 5.52. The lowest BCUT2D eigenvalue weighted by molar-refractivity contribution is -0.384. The highest BCUT2D eigenvalue weighted by Gasteiger charge is 2.31. The average Bonchev–Trinajstić information content (AvgIpc) is 2.59. The Kier molecular flexibility index (Phi) is 5.10. The molecule has 0 spiro atoms. The molecule has 0 aliphatic carbocycles. The summed E-state index contributed by atoms with van der Waals surface area (Å²) in [7, 11) is 1.44. The first-order valence-corrected chi connectivity index (χ1v) is 7.30. The van der Waals surface area contributed by atoms with Crippen LogP contribution in [0, 0.1) is 10.1 Å². The van der Waals surface area contributed by atoms with Crippen molar-refractivity contribution < 1.29 is 22.9 Å². The lowest BCUT2D eigenvalue weighted by Gasteiger charge is -2.25. The second kappa shape index (κ2) is 6.92. The van der Waals surface area contributed by atoms with E-state index in [4.69, 9.17) is 0 Å². The first kappa shape index (κ1) is 18.4. The van der Waals surface area contributed by atoms with Crippen molar-refractivity contribution in [3.8, 4) is 0 Å². The maximum Gasteiger partial charge on any atom is 0.416 e. The lowest BCUT2D eigenvalue weighted by atomic mass is 10.0. The topological polar surface area (TPSA) is 63.5 Å². The van der Waals surface area contributed by atoms with Crippen LogP contribution in [0.1, 0.15) is 34.5 Å². The molecule has 0 bridgehead atoms. The number of carbonyl (C=O) groups is 1. The largest absolute Gasteiger partial charge is 0.416 e. The zero-order valence-electron chi connectivity index (χ0n) is 13.4. The third-order valence-corrected chi connectivity index (χ3v) is 3.90. The van der Waals surface area contributed by atoms with Gasteiger partial charge in [0.1, 0.15) is 0 Å². The number of nitrogens with zero attached hydrogens (tertiary/aromatic N) is 2. The minimum absolute atomic E-state index is 0.102. The normalized spacial score (nSPS) is 12.5. The number of alkyl halides is 3. The average molecular weight is 352 g/mol. The number of benzene rings is 2. The summed E-state index contributed by atoms with van der Waals surface area (Å²) in [4.78, 5) is 24.0. The number of hydrogen-bond acceptors (Lipinski definition) is 3. The minimum Gasteiger partial charge on any atom is -0.335 e. The van der Waals surface area contributed by atoms with Gasteiger partial charge in [-0.05, 0) is 30.7 Å². The van der Waals surface area contributed by atoms with Gasteiger partial charge in [0.25, 0.3) is 11.6 Å². The van der Waals surface area contributed by atoms with Crippen LogP contribution in [0.3, 0.4) is 0 Å². The fraction of sp³-hybridized carbons (Fsp3) is 0.235. The second-order valence-electron chi connectivity index (χ2n) is 5.52. The van der Waals surface area contributed by atoms with Gasteiger partial charge in [0, 0.05) is 24.7 Å². The van der Waals surface area contributed by atoms with Crippen molar-refractivity contribution in [2.45, 2.75) is 19.1 Å². The predicted octanol–water partition coefficient (Wildman–Crippen LogP) is 4.45. The number of rotatable bonds is 4. The van der Waals surface area contributed by atoms with Gasteiger partial charge in [-0.15, -0.1) is 0 Å². The van der Waals surface area contributed by atoms with E-state index in [0.717, 1.165) is 12.1 Å². The molecule has 1 atom stereocenters.